The summed E-state index contributed by atoms with van der Waals surface area (Å²) in [6, 6.07) is 7.40. The van der Waals surface area contributed by atoms with Crippen molar-refractivity contribution >= 4 is 10.0 Å². The van der Waals surface area contributed by atoms with Crippen LogP contribution in [-0.2, 0) is 16.6 Å². The maximum absolute atomic E-state index is 12.1. The Morgan fingerprint density at radius 3 is 2.68 bits per heavy atom. The second-order valence-electron chi connectivity index (χ2n) is 4.62. The van der Waals surface area contributed by atoms with Crippen LogP contribution in [0.3, 0.4) is 0 Å². The normalized spacial score (nSPS) is 15.1. The number of aliphatic hydroxyl groups is 1. The molecule has 19 heavy (non-hydrogen) atoms. The number of rotatable bonds is 4. The maximum atomic E-state index is 12.1. The van der Waals surface area contributed by atoms with Gasteiger partial charge < -0.3 is 5.11 Å². The molecular weight excluding hydrogens is 262 g/mol. The molecule has 1 saturated carbocycles. The zero-order valence-corrected chi connectivity index (χ0v) is 11.7. The number of aliphatic hydroxyl groups excluding tert-OH is 1. The highest BCUT2D eigenvalue weighted by molar-refractivity contribution is 7.90. The van der Waals surface area contributed by atoms with Crippen molar-refractivity contribution < 1.29 is 13.5 Å². The predicted octanol–water partition coefficient (Wildman–Crippen LogP) is 0.954. The monoisotopic (exact) mass is 279 g/mol. The Kier molecular flexibility index (Phi) is 4.25. The molecule has 0 bridgehead atoms. The van der Waals surface area contributed by atoms with Gasteiger partial charge in [-0.1, -0.05) is 30.0 Å². The van der Waals surface area contributed by atoms with Gasteiger partial charge in [0.15, 0.2) is 0 Å². The first-order valence-electron chi connectivity index (χ1n) is 6.18. The van der Waals surface area contributed by atoms with Crippen LogP contribution in [0.15, 0.2) is 24.3 Å². The van der Waals surface area contributed by atoms with E-state index in [1.54, 1.807) is 7.05 Å². The lowest BCUT2D eigenvalue weighted by atomic mass is 10.1. The minimum Gasteiger partial charge on any atom is -0.384 e. The largest absolute Gasteiger partial charge is 0.384 e. The van der Waals surface area contributed by atoms with Gasteiger partial charge in [0.1, 0.15) is 6.61 Å². The molecule has 0 amide bonds. The van der Waals surface area contributed by atoms with Crippen molar-refractivity contribution in [3.8, 4) is 11.8 Å². The van der Waals surface area contributed by atoms with Crippen LogP contribution in [0, 0.1) is 11.8 Å². The summed E-state index contributed by atoms with van der Waals surface area (Å²) in [5.41, 5.74) is 1.62. The van der Waals surface area contributed by atoms with E-state index in [0.717, 1.165) is 24.0 Å². The molecule has 1 fully saturated rings. The molecule has 1 N–H and O–H groups in total. The average molecular weight is 279 g/mol. The van der Waals surface area contributed by atoms with Crippen LogP contribution in [0.25, 0.3) is 0 Å². The van der Waals surface area contributed by atoms with Gasteiger partial charge in [0.2, 0.25) is 10.0 Å². The number of hydrogen-bond donors (Lipinski definition) is 1. The van der Waals surface area contributed by atoms with Gasteiger partial charge in [0.25, 0.3) is 0 Å². The van der Waals surface area contributed by atoms with Crippen LogP contribution in [-0.4, -0.2) is 36.7 Å². The number of nitrogens with zero attached hydrogens (tertiary/aromatic N) is 1. The molecule has 4 nitrogen and oxygen atoms in total. The molecule has 0 radical (unpaired) electrons. The van der Waals surface area contributed by atoms with Crippen molar-refractivity contribution in [2.75, 3.05) is 13.7 Å². The van der Waals surface area contributed by atoms with E-state index < -0.39 is 10.0 Å². The van der Waals surface area contributed by atoms with E-state index in [9.17, 15) is 8.42 Å². The zero-order valence-electron chi connectivity index (χ0n) is 10.8. The van der Waals surface area contributed by atoms with E-state index in [1.165, 1.54) is 4.31 Å². The van der Waals surface area contributed by atoms with E-state index in [-0.39, 0.29) is 11.9 Å². The second kappa shape index (κ2) is 5.74. The lowest BCUT2D eigenvalue weighted by Crippen LogP contribution is -2.29. The van der Waals surface area contributed by atoms with Crippen LogP contribution < -0.4 is 0 Å². The van der Waals surface area contributed by atoms with Gasteiger partial charge in [-0.15, -0.1) is 0 Å². The molecule has 1 aliphatic carbocycles. The van der Waals surface area contributed by atoms with Crippen LogP contribution in [0.5, 0.6) is 0 Å². The van der Waals surface area contributed by atoms with Gasteiger partial charge in [-0.05, 0) is 24.5 Å². The third-order valence-corrected chi connectivity index (χ3v) is 5.40. The highest BCUT2D eigenvalue weighted by Crippen LogP contribution is 2.31. The highest BCUT2D eigenvalue weighted by Gasteiger charge is 2.38. The van der Waals surface area contributed by atoms with Gasteiger partial charge in [-0.3, -0.25) is 0 Å². The first-order valence-corrected chi connectivity index (χ1v) is 7.69. The van der Waals surface area contributed by atoms with Gasteiger partial charge >= 0.3 is 0 Å². The standard InChI is InChI=1S/C14H17NO3S/c1-15(19(17,18)14-8-9-14)11-13-6-3-2-5-12(13)7-4-10-16/h2-3,5-6,14,16H,8-11H2,1H3. The molecule has 0 heterocycles. The summed E-state index contributed by atoms with van der Waals surface area (Å²) in [6.45, 7) is 0.111. The van der Waals surface area contributed by atoms with E-state index in [2.05, 4.69) is 11.8 Å². The molecular formula is C14H17NO3S. The molecule has 2 rings (SSSR count). The Bertz CT molecular complexity index is 609. The molecule has 0 unspecified atom stereocenters. The average Bonchev–Trinajstić information content (AvgIpc) is 3.22. The van der Waals surface area contributed by atoms with E-state index in [0.29, 0.717) is 6.54 Å². The predicted molar refractivity (Wildman–Crippen MR) is 73.8 cm³/mol. The van der Waals surface area contributed by atoms with E-state index in [1.807, 2.05) is 24.3 Å². The highest BCUT2D eigenvalue weighted by atomic mass is 32.2. The molecule has 102 valence electrons. The SMILES string of the molecule is CN(Cc1ccccc1C#CCO)S(=O)(=O)C1CC1. The van der Waals surface area contributed by atoms with Crippen molar-refractivity contribution in [1.29, 1.82) is 0 Å². The Balaban J connectivity index is 2.19. The summed E-state index contributed by atoms with van der Waals surface area (Å²) < 4.78 is 25.5. The molecule has 0 aliphatic heterocycles. The maximum Gasteiger partial charge on any atom is 0.217 e. The van der Waals surface area contributed by atoms with Gasteiger partial charge in [-0.2, -0.15) is 0 Å². The number of sulfonamides is 1. The Hall–Kier alpha value is -1.35. The Morgan fingerprint density at radius 2 is 2.05 bits per heavy atom. The van der Waals surface area contributed by atoms with Crippen molar-refractivity contribution in [3.05, 3.63) is 35.4 Å². The van der Waals surface area contributed by atoms with E-state index in [4.69, 9.17) is 5.11 Å². The third-order valence-electron chi connectivity index (χ3n) is 3.09. The molecule has 0 saturated heterocycles. The van der Waals surface area contributed by atoms with Gasteiger partial charge in [0.05, 0.1) is 5.25 Å². The molecule has 1 aromatic carbocycles. The lowest BCUT2D eigenvalue weighted by Gasteiger charge is -2.17. The van der Waals surface area contributed by atoms with Gasteiger partial charge in [-0.25, -0.2) is 12.7 Å². The smallest absolute Gasteiger partial charge is 0.217 e. The summed E-state index contributed by atoms with van der Waals surface area (Å²) in [6.07, 6.45) is 1.53. The Labute approximate surface area is 114 Å². The van der Waals surface area contributed by atoms with Crippen LogP contribution in [0.1, 0.15) is 24.0 Å². The van der Waals surface area contributed by atoms with Crippen molar-refractivity contribution in [2.45, 2.75) is 24.6 Å². The van der Waals surface area contributed by atoms with Crippen LogP contribution in [0.4, 0.5) is 0 Å². The fourth-order valence-corrected chi connectivity index (χ4v) is 3.42. The molecule has 0 atom stereocenters. The fourth-order valence-electron chi connectivity index (χ4n) is 1.87. The molecule has 0 spiro atoms. The minimum absolute atomic E-state index is 0.201. The first-order chi connectivity index (χ1) is 9.05. The third kappa shape index (κ3) is 3.35. The minimum atomic E-state index is -3.17. The Morgan fingerprint density at radius 1 is 1.37 bits per heavy atom. The zero-order chi connectivity index (χ0) is 13.9. The summed E-state index contributed by atoms with van der Waals surface area (Å²) >= 11 is 0. The van der Waals surface area contributed by atoms with Gasteiger partial charge in [0, 0.05) is 19.2 Å². The fraction of sp³-hybridized carbons (Fsp3) is 0.429. The topological polar surface area (TPSA) is 57.6 Å². The molecule has 1 aromatic rings. The van der Waals surface area contributed by atoms with Crippen molar-refractivity contribution in [1.82, 2.24) is 4.31 Å². The quantitative estimate of drug-likeness (QED) is 0.835. The lowest BCUT2D eigenvalue weighted by molar-refractivity contribution is 0.350. The molecule has 5 heteroatoms. The molecule has 1 aliphatic rings. The van der Waals surface area contributed by atoms with Crippen LogP contribution >= 0.6 is 0 Å². The summed E-state index contributed by atoms with van der Waals surface area (Å²) in [5.74, 6) is 5.43. The number of hydrogen-bond acceptors (Lipinski definition) is 3. The number of benzene rings is 1. The van der Waals surface area contributed by atoms with Crippen molar-refractivity contribution in [2.24, 2.45) is 0 Å². The molecule has 0 aromatic heterocycles. The summed E-state index contributed by atoms with van der Waals surface area (Å²) in [4.78, 5) is 0. The van der Waals surface area contributed by atoms with Crippen molar-refractivity contribution in [3.63, 3.8) is 0 Å². The first kappa shape index (κ1) is 14.1. The second-order valence-corrected chi connectivity index (χ2v) is 6.94. The van der Waals surface area contributed by atoms with E-state index >= 15 is 0 Å². The van der Waals surface area contributed by atoms with Crippen LogP contribution in [0.2, 0.25) is 0 Å². The summed E-state index contributed by atoms with van der Waals surface area (Å²) in [7, 11) is -1.56. The summed E-state index contributed by atoms with van der Waals surface area (Å²) in [5, 5.41) is 8.53.